The van der Waals surface area contributed by atoms with Crippen LogP contribution in [0.25, 0.3) is 11.8 Å². The van der Waals surface area contributed by atoms with Gasteiger partial charge in [0.15, 0.2) is 0 Å². The van der Waals surface area contributed by atoms with Crippen LogP contribution in [-0.2, 0) is 4.74 Å². The second-order valence-corrected chi connectivity index (χ2v) is 8.62. The summed E-state index contributed by atoms with van der Waals surface area (Å²) < 4.78 is 50.2. The monoisotopic (exact) mass is 412 g/mol. The number of nitrogens with one attached hydrogen (secondary N) is 1. The summed E-state index contributed by atoms with van der Waals surface area (Å²) in [6.45, 7) is 0.491. The van der Waals surface area contributed by atoms with Crippen molar-refractivity contribution in [3.05, 3.63) is 31.4 Å². The summed E-state index contributed by atoms with van der Waals surface area (Å²) in [6, 6.07) is -2.20. The molecule has 29 heavy (non-hydrogen) atoms. The second-order valence-electron chi connectivity index (χ2n) is 8.62. The van der Waals surface area contributed by atoms with Gasteiger partial charge >= 0.3 is 5.69 Å². The van der Waals surface area contributed by atoms with Crippen molar-refractivity contribution in [1.29, 1.82) is 0 Å². The molecule has 1 aliphatic heterocycles. The summed E-state index contributed by atoms with van der Waals surface area (Å²) in [4.78, 5) is 28.8. The molecule has 1 aromatic rings. The summed E-state index contributed by atoms with van der Waals surface area (Å²) in [5, 5.41) is 0.383. The fourth-order valence-corrected chi connectivity index (χ4v) is 5.35. The highest BCUT2D eigenvalue weighted by Gasteiger charge is 2.58. The van der Waals surface area contributed by atoms with E-state index in [0.717, 1.165) is 12.8 Å². The molecular formula is C19H23F3N4O3. The largest absolute Gasteiger partial charge is 0.497 e. The van der Waals surface area contributed by atoms with Crippen molar-refractivity contribution < 1.29 is 17.9 Å². The van der Waals surface area contributed by atoms with Crippen molar-refractivity contribution in [3.63, 3.8) is 0 Å². The summed E-state index contributed by atoms with van der Waals surface area (Å²) >= 11 is 0. The molecule has 3 aliphatic carbocycles. The van der Waals surface area contributed by atoms with E-state index in [1.54, 1.807) is 4.90 Å². The maximum absolute atomic E-state index is 15.3. The number of rotatable bonds is 3. The predicted molar refractivity (Wildman–Crippen MR) is 98.5 cm³/mol. The fraction of sp³-hybridized carbons (Fsp3) is 0.684. The number of fused-ring (bicyclic) bond motifs is 2. The molecule has 1 saturated heterocycles. The van der Waals surface area contributed by atoms with Crippen LogP contribution in [-0.4, -0.2) is 58.8 Å². The average molecular weight is 412 g/mol. The molecule has 3 fully saturated rings. The van der Waals surface area contributed by atoms with Crippen molar-refractivity contribution in [3.8, 4) is 0 Å². The van der Waals surface area contributed by atoms with Crippen LogP contribution in [0, 0.1) is 11.8 Å². The number of hydrogen-bond donors (Lipinski definition) is 2. The van der Waals surface area contributed by atoms with Gasteiger partial charge in [-0.2, -0.15) is 0 Å². The molecule has 10 heteroatoms. The Balaban J connectivity index is 1.63. The third-order valence-electron chi connectivity index (χ3n) is 6.84. The van der Waals surface area contributed by atoms with Gasteiger partial charge in [-0.1, -0.05) is 0 Å². The van der Waals surface area contributed by atoms with Crippen molar-refractivity contribution in [2.45, 2.75) is 49.5 Å². The first-order valence-corrected chi connectivity index (χ1v) is 9.89. The summed E-state index contributed by atoms with van der Waals surface area (Å²) in [5.74, 6) is -3.46. The Morgan fingerprint density at radius 2 is 2.00 bits per heavy atom. The molecular weight excluding hydrogens is 389 g/mol. The molecule has 1 aromatic heterocycles. The van der Waals surface area contributed by atoms with Gasteiger partial charge in [-0.25, -0.2) is 18.0 Å². The van der Waals surface area contributed by atoms with E-state index in [9.17, 15) is 18.4 Å². The molecule has 3 N–H and O–H groups in total. The first kappa shape index (κ1) is 18.9. The van der Waals surface area contributed by atoms with E-state index in [4.69, 9.17) is 10.5 Å². The Kier molecular flexibility index (Phi) is 4.05. The van der Waals surface area contributed by atoms with Crippen LogP contribution in [0.3, 0.4) is 0 Å². The van der Waals surface area contributed by atoms with E-state index in [2.05, 4.69) is 4.98 Å². The van der Waals surface area contributed by atoms with Gasteiger partial charge in [-0.05, 0) is 30.8 Å². The second kappa shape index (κ2) is 6.21. The first-order chi connectivity index (χ1) is 13.7. The van der Waals surface area contributed by atoms with Crippen LogP contribution in [0.4, 0.5) is 13.2 Å². The van der Waals surface area contributed by atoms with E-state index in [1.165, 1.54) is 17.8 Å². The van der Waals surface area contributed by atoms with Gasteiger partial charge in [0.1, 0.15) is 18.0 Å². The molecule has 0 amide bonds. The van der Waals surface area contributed by atoms with Gasteiger partial charge < -0.3 is 10.5 Å². The van der Waals surface area contributed by atoms with Crippen LogP contribution < -0.4 is 27.6 Å². The van der Waals surface area contributed by atoms with Gasteiger partial charge in [0, 0.05) is 25.6 Å². The summed E-state index contributed by atoms with van der Waals surface area (Å²) in [5.41, 5.74) is 4.57. The standard InChI is InChI=1S/C19H23F3N4O3/c1-29-15-13-10(17(27)24-18(28)26(13)9-2-3-9)4-12(20)14(15)25-6-8-5-19(21,22)16(23)11(8)7-25/h4,8-9,11-12,14,16H,2-3,5-7,23H2,1H3,(H,24,27,28). The molecule has 5 rings (SSSR count). The lowest BCUT2D eigenvalue weighted by Crippen LogP contribution is -2.60. The van der Waals surface area contributed by atoms with Crippen molar-refractivity contribution in [1.82, 2.24) is 14.5 Å². The Bertz CT molecular complexity index is 1090. The van der Waals surface area contributed by atoms with Crippen LogP contribution in [0.1, 0.15) is 25.3 Å². The summed E-state index contributed by atoms with van der Waals surface area (Å²) in [7, 11) is 1.38. The number of halogens is 3. The van der Waals surface area contributed by atoms with Crippen LogP contribution >= 0.6 is 0 Å². The topological polar surface area (TPSA) is 93.3 Å². The van der Waals surface area contributed by atoms with Gasteiger partial charge in [0.25, 0.3) is 11.5 Å². The van der Waals surface area contributed by atoms with E-state index in [1.807, 2.05) is 0 Å². The quantitative estimate of drug-likeness (QED) is 0.667. The van der Waals surface area contributed by atoms with Crippen LogP contribution in [0.2, 0.25) is 0 Å². The molecule has 5 atom stereocenters. The minimum Gasteiger partial charge on any atom is -0.497 e. The van der Waals surface area contributed by atoms with Gasteiger partial charge in [-0.3, -0.25) is 19.2 Å². The van der Waals surface area contributed by atoms with E-state index >= 15 is 4.39 Å². The number of nitrogens with two attached hydrogens (primary N) is 1. The molecule has 7 nitrogen and oxygen atoms in total. The zero-order valence-electron chi connectivity index (χ0n) is 15.9. The number of likely N-dealkylation sites (tertiary alicyclic amines) is 1. The van der Waals surface area contributed by atoms with E-state index < -0.39 is 41.3 Å². The lowest BCUT2D eigenvalue weighted by Gasteiger charge is -2.34. The number of methoxy groups -OCH3 is 1. The Morgan fingerprint density at radius 3 is 2.62 bits per heavy atom. The minimum atomic E-state index is -2.91. The Labute approximate surface area is 163 Å². The number of alkyl halides is 3. The number of nitrogens with zero attached hydrogens (tertiary/aromatic N) is 2. The molecule has 2 saturated carbocycles. The number of aromatic amines is 1. The Hall–Kier alpha value is -2.07. The third kappa shape index (κ3) is 2.72. The third-order valence-corrected chi connectivity index (χ3v) is 6.84. The van der Waals surface area contributed by atoms with Crippen molar-refractivity contribution in [2.75, 3.05) is 20.2 Å². The number of ether oxygens (including phenoxy) is 1. The van der Waals surface area contributed by atoms with E-state index in [0.29, 0.717) is 5.35 Å². The minimum absolute atomic E-state index is 0.0615. The maximum Gasteiger partial charge on any atom is 0.329 e. The molecule has 0 spiro atoms. The van der Waals surface area contributed by atoms with Crippen molar-refractivity contribution >= 4 is 11.8 Å². The van der Waals surface area contributed by atoms with Gasteiger partial charge in [-0.15, -0.1) is 0 Å². The summed E-state index contributed by atoms with van der Waals surface area (Å²) in [6.07, 6.45) is 0.906. The number of hydrogen-bond acceptors (Lipinski definition) is 5. The highest BCUT2D eigenvalue weighted by molar-refractivity contribution is 5.53. The lowest BCUT2D eigenvalue weighted by atomic mass is 9.98. The van der Waals surface area contributed by atoms with Gasteiger partial charge in [0.05, 0.1) is 23.7 Å². The fourth-order valence-electron chi connectivity index (χ4n) is 5.35. The molecule has 0 radical (unpaired) electrons. The Morgan fingerprint density at radius 1 is 1.28 bits per heavy atom. The van der Waals surface area contributed by atoms with Crippen LogP contribution in [0.15, 0.2) is 9.59 Å². The predicted octanol–water partition coefficient (Wildman–Crippen LogP) is -0.959. The van der Waals surface area contributed by atoms with Crippen LogP contribution in [0.5, 0.6) is 0 Å². The first-order valence-electron chi connectivity index (χ1n) is 9.89. The molecule has 158 valence electrons. The molecule has 4 aliphatic rings. The number of H-pyrrole nitrogens is 1. The highest BCUT2D eigenvalue weighted by Crippen LogP contribution is 2.47. The zero-order chi connectivity index (χ0) is 20.7. The molecule has 2 heterocycles. The molecule has 0 bridgehead atoms. The molecule has 5 unspecified atom stereocenters. The smallest absolute Gasteiger partial charge is 0.329 e. The average Bonchev–Trinajstić information content (AvgIpc) is 3.36. The van der Waals surface area contributed by atoms with Gasteiger partial charge in [0.2, 0.25) is 0 Å². The van der Waals surface area contributed by atoms with E-state index in [-0.39, 0.29) is 42.4 Å². The molecule has 0 aromatic carbocycles. The highest BCUT2D eigenvalue weighted by atomic mass is 19.3. The SMILES string of the molecule is COC1=c2c(c(=O)[nH]c(=O)n2C2CC2)=CC(F)C1N1CC2CC(F)(F)C(N)C2C1. The van der Waals surface area contributed by atoms with Crippen molar-refractivity contribution in [2.24, 2.45) is 17.6 Å². The normalized spacial score (nSPS) is 35.9. The lowest BCUT2D eigenvalue weighted by molar-refractivity contribution is -0.0205. The zero-order valence-corrected chi connectivity index (χ0v) is 15.9. The maximum atomic E-state index is 15.3. The number of aromatic nitrogens is 2.